The van der Waals surface area contributed by atoms with E-state index in [1.807, 2.05) is 0 Å². The summed E-state index contributed by atoms with van der Waals surface area (Å²) in [6, 6.07) is 6.13. The van der Waals surface area contributed by atoms with Crippen molar-refractivity contribution >= 4 is 9.84 Å². The number of alkyl halides is 3. The van der Waals surface area contributed by atoms with Crippen LogP contribution in [0.1, 0.15) is 13.0 Å². The Morgan fingerprint density at radius 2 is 1.86 bits per heavy atom. The molecule has 28 heavy (non-hydrogen) atoms. The summed E-state index contributed by atoms with van der Waals surface area (Å²) in [6.45, 7) is 0.931. The SMILES string of the molecule is CC(n1nc(-c2cccc(S(C)(=O)=O)c2)nc1-c1ccc(=O)[nH]c1)C(F)(F)F. The summed E-state index contributed by atoms with van der Waals surface area (Å²) in [5.74, 6) is -0.177. The van der Waals surface area contributed by atoms with E-state index in [0.717, 1.165) is 19.2 Å². The smallest absolute Gasteiger partial charge is 0.328 e. The van der Waals surface area contributed by atoms with Crippen LogP contribution in [0, 0.1) is 0 Å². The number of nitrogens with zero attached hydrogens (tertiary/aromatic N) is 3. The van der Waals surface area contributed by atoms with Gasteiger partial charge < -0.3 is 4.98 Å². The first-order valence-corrected chi connectivity index (χ1v) is 9.89. The van der Waals surface area contributed by atoms with Crippen LogP contribution in [0.2, 0.25) is 0 Å². The van der Waals surface area contributed by atoms with Gasteiger partial charge in [-0.15, -0.1) is 5.10 Å². The molecule has 148 valence electrons. The molecule has 7 nitrogen and oxygen atoms in total. The highest BCUT2D eigenvalue weighted by molar-refractivity contribution is 7.90. The van der Waals surface area contributed by atoms with Gasteiger partial charge in [-0.25, -0.2) is 18.1 Å². The van der Waals surface area contributed by atoms with Gasteiger partial charge >= 0.3 is 6.18 Å². The van der Waals surface area contributed by atoms with Gasteiger partial charge in [0.15, 0.2) is 21.5 Å². The van der Waals surface area contributed by atoms with Crippen LogP contribution in [-0.4, -0.2) is 40.6 Å². The van der Waals surface area contributed by atoms with Crippen LogP contribution in [0.25, 0.3) is 22.8 Å². The van der Waals surface area contributed by atoms with Crippen LogP contribution in [-0.2, 0) is 9.84 Å². The third-order valence-electron chi connectivity index (χ3n) is 4.03. The summed E-state index contributed by atoms with van der Waals surface area (Å²) in [4.78, 5) is 17.8. The van der Waals surface area contributed by atoms with Crippen molar-refractivity contribution in [2.75, 3.05) is 6.26 Å². The first kappa shape index (κ1) is 19.8. The lowest BCUT2D eigenvalue weighted by Crippen LogP contribution is -2.25. The van der Waals surface area contributed by atoms with E-state index in [2.05, 4.69) is 15.1 Å². The minimum absolute atomic E-state index is 0.00388. The molecule has 0 amide bonds. The predicted octanol–water partition coefficient (Wildman–Crippen LogP) is 2.83. The number of H-pyrrole nitrogens is 1. The Hall–Kier alpha value is -2.95. The van der Waals surface area contributed by atoms with E-state index in [0.29, 0.717) is 4.68 Å². The highest BCUT2D eigenvalue weighted by Gasteiger charge is 2.40. The number of hydrogen-bond acceptors (Lipinski definition) is 5. The second kappa shape index (κ2) is 6.89. The highest BCUT2D eigenvalue weighted by Crippen LogP contribution is 2.34. The lowest BCUT2D eigenvalue weighted by molar-refractivity contribution is -0.165. The van der Waals surface area contributed by atoms with Crippen molar-refractivity contribution in [2.45, 2.75) is 24.0 Å². The molecule has 0 fully saturated rings. The predicted molar refractivity (Wildman–Crippen MR) is 95.4 cm³/mol. The zero-order valence-corrected chi connectivity index (χ0v) is 15.5. The van der Waals surface area contributed by atoms with E-state index in [4.69, 9.17) is 0 Å². The largest absolute Gasteiger partial charge is 0.410 e. The molecule has 0 radical (unpaired) electrons. The number of hydrogen-bond donors (Lipinski definition) is 1. The summed E-state index contributed by atoms with van der Waals surface area (Å²) < 4.78 is 64.1. The summed E-state index contributed by atoms with van der Waals surface area (Å²) in [5, 5.41) is 3.97. The Bertz CT molecular complexity index is 1160. The quantitative estimate of drug-likeness (QED) is 0.711. The molecular formula is C17H15F3N4O3S. The molecule has 2 aromatic heterocycles. The molecule has 1 atom stereocenters. The van der Waals surface area contributed by atoms with Crippen LogP contribution in [0.3, 0.4) is 0 Å². The molecule has 0 spiro atoms. The summed E-state index contributed by atoms with van der Waals surface area (Å²) >= 11 is 0. The Balaban J connectivity index is 2.19. The second-order valence-electron chi connectivity index (χ2n) is 6.16. The van der Waals surface area contributed by atoms with Crippen molar-refractivity contribution in [3.05, 3.63) is 52.9 Å². The van der Waals surface area contributed by atoms with Crippen LogP contribution >= 0.6 is 0 Å². The second-order valence-corrected chi connectivity index (χ2v) is 8.18. The molecule has 11 heteroatoms. The van der Waals surface area contributed by atoms with E-state index >= 15 is 0 Å². The number of aromatic amines is 1. The number of pyridine rings is 1. The average Bonchev–Trinajstić information content (AvgIpc) is 3.05. The third-order valence-corrected chi connectivity index (χ3v) is 5.14. The van der Waals surface area contributed by atoms with Crippen molar-refractivity contribution in [3.63, 3.8) is 0 Å². The van der Waals surface area contributed by atoms with Gasteiger partial charge in [0.05, 0.1) is 4.90 Å². The lowest BCUT2D eigenvalue weighted by atomic mass is 10.2. The van der Waals surface area contributed by atoms with Gasteiger partial charge in [0.2, 0.25) is 5.56 Å². The highest BCUT2D eigenvalue weighted by atomic mass is 32.2. The molecule has 0 saturated carbocycles. The Labute approximate surface area is 157 Å². The number of halogens is 3. The molecule has 0 saturated heterocycles. The number of aromatic nitrogens is 4. The molecule has 3 aromatic rings. The molecule has 1 N–H and O–H groups in total. The molecule has 1 aromatic carbocycles. The first-order valence-electron chi connectivity index (χ1n) is 7.99. The van der Waals surface area contributed by atoms with Crippen LogP contribution < -0.4 is 5.56 Å². The van der Waals surface area contributed by atoms with Gasteiger partial charge in [-0.05, 0) is 25.1 Å². The maximum atomic E-state index is 13.3. The molecular weight excluding hydrogens is 397 g/mol. The maximum Gasteiger partial charge on any atom is 0.410 e. The van der Waals surface area contributed by atoms with Crippen LogP contribution in [0.4, 0.5) is 13.2 Å². The van der Waals surface area contributed by atoms with Gasteiger partial charge in [0, 0.05) is 29.6 Å². The fourth-order valence-electron chi connectivity index (χ4n) is 2.47. The summed E-state index contributed by atoms with van der Waals surface area (Å²) in [6.07, 6.45) is -2.32. The number of rotatable bonds is 4. The first-order chi connectivity index (χ1) is 13.0. The van der Waals surface area contributed by atoms with Crippen molar-refractivity contribution in [2.24, 2.45) is 0 Å². The van der Waals surface area contributed by atoms with Gasteiger partial charge in [0.25, 0.3) is 0 Å². The van der Waals surface area contributed by atoms with Gasteiger partial charge in [-0.3, -0.25) is 4.79 Å². The van der Waals surface area contributed by atoms with Gasteiger partial charge in [-0.1, -0.05) is 12.1 Å². The molecule has 0 bridgehead atoms. The fourth-order valence-corrected chi connectivity index (χ4v) is 3.13. The third kappa shape index (κ3) is 3.98. The lowest BCUT2D eigenvalue weighted by Gasteiger charge is -2.17. The fraction of sp³-hybridized carbons (Fsp3) is 0.235. The normalized spacial score (nSPS) is 13.5. The molecule has 1 unspecified atom stereocenters. The zero-order valence-electron chi connectivity index (χ0n) is 14.7. The topological polar surface area (TPSA) is 97.7 Å². The minimum Gasteiger partial charge on any atom is -0.328 e. The molecule has 2 heterocycles. The van der Waals surface area contributed by atoms with E-state index in [1.165, 1.54) is 36.5 Å². The minimum atomic E-state index is -4.59. The van der Waals surface area contributed by atoms with Gasteiger partial charge in [0.1, 0.15) is 6.04 Å². The van der Waals surface area contributed by atoms with Crippen LogP contribution in [0.15, 0.2) is 52.3 Å². The monoisotopic (exact) mass is 412 g/mol. The molecule has 3 rings (SSSR count). The molecule has 0 aliphatic rings. The van der Waals surface area contributed by atoms with Crippen molar-refractivity contribution in [3.8, 4) is 22.8 Å². The Kier molecular flexibility index (Phi) is 4.88. The number of sulfone groups is 1. The molecule has 0 aliphatic heterocycles. The van der Waals surface area contributed by atoms with E-state index in [9.17, 15) is 26.4 Å². The standard InChI is InChI=1S/C17H15F3N4O3S/c1-10(17(18,19)20)24-16(12-6-7-14(25)21-9-12)22-15(23-24)11-4-3-5-13(8-11)28(2,26)27/h3-10H,1-2H3,(H,21,25). The average molecular weight is 412 g/mol. The Morgan fingerprint density at radius 1 is 1.14 bits per heavy atom. The Morgan fingerprint density at radius 3 is 2.43 bits per heavy atom. The van der Waals surface area contributed by atoms with Crippen molar-refractivity contribution < 1.29 is 21.6 Å². The molecule has 0 aliphatic carbocycles. The number of benzene rings is 1. The van der Waals surface area contributed by atoms with E-state index in [-0.39, 0.29) is 27.7 Å². The number of nitrogens with one attached hydrogen (secondary N) is 1. The zero-order chi connectivity index (χ0) is 20.7. The van der Waals surface area contributed by atoms with Gasteiger partial charge in [-0.2, -0.15) is 13.2 Å². The summed E-state index contributed by atoms with van der Waals surface area (Å²) in [5.41, 5.74) is 0.0650. The summed E-state index contributed by atoms with van der Waals surface area (Å²) in [7, 11) is -3.52. The van der Waals surface area contributed by atoms with Crippen LogP contribution in [0.5, 0.6) is 0 Å². The van der Waals surface area contributed by atoms with Crippen molar-refractivity contribution in [1.82, 2.24) is 19.7 Å². The maximum absolute atomic E-state index is 13.3. The van der Waals surface area contributed by atoms with E-state index in [1.54, 1.807) is 0 Å². The van der Waals surface area contributed by atoms with E-state index < -0.39 is 27.6 Å². The van der Waals surface area contributed by atoms with Crippen molar-refractivity contribution in [1.29, 1.82) is 0 Å².